The second-order valence-electron chi connectivity index (χ2n) is 5.99. The molecule has 1 saturated heterocycles. The summed E-state index contributed by atoms with van der Waals surface area (Å²) in [5.41, 5.74) is 1.02. The largest absolute Gasteiger partial charge is 0.387 e. The fourth-order valence-electron chi connectivity index (χ4n) is 3.19. The van der Waals surface area contributed by atoms with Crippen molar-refractivity contribution in [3.63, 3.8) is 0 Å². The van der Waals surface area contributed by atoms with E-state index >= 15 is 0 Å². The molecule has 2 aliphatic rings. The van der Waals surface area contributed by atoms with Crippen molar-refractivity contribution in [3.8, 4) is 0 Å². The van der Waals surface area contributed by atoms with Gasteiger partial charge in [0, 0.05) is 19.7 Å². The van der Waals surface area contributed by atoms with Gasteiger partial charge >= 0.3 is 0 Å². The zero-order valence-electron chi connectivity index (χ0n) is 13.5. The lowest BCUT2D eigenvalue weighted by Crippen LogP contribution is -2.40. The average molecular weight is 346 g/mol. The van der Waals surface area contributed by atoms with Crippen LogP contribution in [0.1, 0.15) is 6.23 Å². The highest BCUT2D eigenvalue weighted by molar-refractivity contribution is 5.90. The Labute approximate surface area is 142 Å². The number of aromatic nitrogens is 4. The van der Waals surface area contributed by atoms with Gasteiger partial charge in [-0.25, -0.2) is 15.0 Å². The molecule has 25 heavy (non-hydrogen) atoms. The molecule has 4 rings (SSSR count). The van der Waals surface area contributed by atoms with E-state index in [0.717, 1.165) is 0 Å². The molecule has 10 heteroatoms. The van der Waals surface area contributed by atoms with Gasteiger partial charge in [-0.2, -0.15) is 0 Å². The summed E-state index contributed by atoms with van der Waals surface area (Å²) >= 11 is 0. The molecule has 2 aromatic heterocycles. The number of imidazole rings is 1. The number of fused-ring (bicyclic) bond motifs is 1. The van der Waals surface area contributed by atoms with Gasteiger partial charge in [0.1, 0.15) is 30.2 Å². The Balaban J connectivity index is 1.60. The zero-order valence-corrected chi connectivity index (χ0v) is 13.5. The number of rotatable bonds is 4. The Kier molecular flexibility index (Phi) is 3.86. The third kappa shape index (κ3) is 2.54. The van der Waals surface area contributed by atoms with Crippen LogP contribution in [0.3, 0.4) is 0 Å². The maximum atomic E-state index is 11.7. The fourth-order valence-corrected chi connectivity index (χ4v) is 3.19. The van der Waals surface area contributed by atoms with Gasteiger partial charge in [0.25, 0.3) is 0 Å². The maximum Gasteiger partial charge on any atom is 0.246 e. The molecule has 4 unspecified atom stereocenters. The molecular weight excluding hydrogens is 328 g/mol. The highest BCUT2D eigenvalue weighted by atomic mass is 16.6. The summed E-state index contributed by atoms with van der Waals surface area (Å²) in [5.74, 6) is 0.426. The molecule has 0 bridgehead atoms. The SMILES string of the molecule is CNc1ncnc2c1ncn2C1OC(CN2CC=CC2=O)C(O)C1O. The molecule has 0 aromatic carbocycles. The van der Waals surface area contributed by atoms with Crippen LogP contribution in [-0.2, 0) is 9.53 Å². The molecule has 0 radical (unpaired) electrons. The van der Waals surface area contributed by atoms with E-state index in [2.05, 4.69) is 20.3 Å². The van der Waals surface area contributed by atoms with Crippen molar-refractivity contribution in [2.75, 3.05) is 25.5 Å². The van der Waals surface area contributed by atoms with Gasteiger partial charge in [0.2, 0.25) is 5.91 Å². The second kappa shape index (κ2) is 6.06. The summed E-state index contributed by atoms with van der Waals surface area (Å²) in [6, 6.07) is 0. The molecule has 3 N–H and O–H groups in total. The van der Waals surface area contributed by atoms with E-state index in [1.54, 1.807) is 22.6 Å². The molecule has 10 nitrogen and oxygen atoms in total. The summed E-state index contributed by atoms with van der Waals surface area (Å²) in [6.07, 6.45) is 2.26. The van der Waals surface area contributed by atoms with Crippen LogP contribution in [0.5, 0.6) is 0 Å². The number of amides is 1. The number of nitrogens with zero attached hydrogens (tertiary/aromatic N) is 5. The molecule has 2 aromatic rings. The number of hydrogen-bond donors (Lipinski definition) is 3. The number of carbonyl (C=O) groups is 1. The van der Waals surface area contributed by atoms with Crippen LogP contribution < -0.4 is 5.32 Å². The molecule has 0 saturated carbocycles. The first-order valence-electron chi connectivity index (χ1n) is 7.92. The summed E-state index contributed by atoms with van der Waals surface area (Å²) in [7, 11) is 1.72. The Morgan fingerprint density at radius 1 is 1.32 bits per heavy atom. The number of hydrogen-bond acceptors (Lipinski definition) is 8. The molecule has 1 amide bonds. The second-order valence-corrected chi connectivity index (χ2v) is 5.99. The zero-order chi connectivity index (χ0) is 17.6. The summed E-state index contributed by atoms with van der Waals surface area (Å²) < 4.78 is 7.41. The fraction of sp³-hybridized carbons (Fsp3) is 0.467. The van der Waals surface area contributed by atoms with Crippen molar-refractivity contribution in [2.24, 2.45) is 0 Å². The lowest BCUT2D eigenvalue weighted by molar-refractivity contribution is -0.127. The Morgan fingerprint density at radius 3 is 2.88 bits per heavy atom. The predicted molar refractivity (Wildman–Crippen MR) is 86.5 cm³/mol. The highest BCUT2D eigenvalue weighted by Crippen LogP contribution is 2.32. The van der Waals surface area contributed by atoms with E-state index in [0.29, 0.717) is 23.5 Å². The Bertz CT molecular complexity index is 837. The van der Waals surface area contributed by atoms with Crippen LogP contribution in [0, 0.1) is 0 Å². The first-order valence-corrected chi connectivity index (χ1v) is 7.92. The van der Waals surface area contributed by atoms with Gasteiger partial charge in [-0.3, -0.25) is 9.36 Å². The number of carbonyl (C=O) groups excluding carboxylic acids is 1. The molecule has 4 atom stereocenters. The third-order valence-electron chi connectivity index (χ3n) is 4.51. The van der Waals surface area contributed by atoms with E-state index < -0.39 is 24.5 Å². The van der Waals surface area contributed by atoms with Gasteiger partial charge in [0.05, 0.1) is 12.9 Å². The summed E-state index contributed by atoms with van der Waals surface area (Å²) in [6.45, 7) is 0.670. The van der Waals surface area contributed by atoms with Crippen LogP contribution in [0.15, 0.2) is 24.8 Å². The normalized spacial score (nSPS) is 29.1. The highest BCUT2D eigenvalue weighted by Gasteiger charge is 2.45. The number of aliphatic hydroxyl groups is 2. The standard InChI is InChI=1S/C15H18N6O4/c1-16-13-10-14(18-6-17-13)21(7-19-10)15-12(24)11(23)8(25-15)5-20-4-2-3-9(20)22/h2-3,6-8,11-12,15,23-24H,4-5H2,1H3,(H,16,17,18). The lowest BCUT2D eigenvalue weighted by Gasteiger charge is -2.22. The molecular formula is C15H18N6O4. The van der Waals surface area contributed by atoms with Crippen LogP contribution >= 0.6 is 0 Å². The van der Waals surface area contributed by atoms with Crippen LogP contribution in [0.2, 0.25) is 0 Å². The maximum absolute atomic E-state index is 11.7. The minimum absolute atomic E-state index is 0.131. The molecule has 4 heterocycles. The van der Waals surface area contributed by atoms with E-state index in [-0.39, 0.29) is 12.5 Å². The Morgan fingerprint density at radius 2 is 2.16 bits per heavy atom. The molecule has 132 valence electrons. The van der Waals surface area contributed by atoms with Crippen molar-refractivity contribution in [1.82, 2.24) is 24.4 Å². The lowest BCUT2D eigenvalue weighted by atomic mass is 10.1. The summed E-state index contributed by atoms with van der Waals surface area (Å²) in [4.78, 5) is 25.8. The van der Waals surface area contributed by atoms with E-state index in [1.807, 2.05) is 0 Å². The Hall–Kier alpha value is -2.56. The predicted octanol–water partition coefficient (Wildman–Crippen LogP) is -1.11. The molecule has 2 aliphatic heterocycles. The minimum Gasteiger partial charge on any atom is -0.387 e. The molecule has 1 fully saturated rings. The van der Waals surface area contributed by atoms with Crippen molar-refractivity contribution >= 4 is 22.9 Å². The quantitative estimate of drug-likeness (QED) is 0.636. The number of ether oxygens (including phenoxy) is 1. The molecule has 0 aliphatic carbocycles. The van der Waals surface area contributed by atoms with E-state index in [4.69, 9.17) is 4.74 Å². The third-order valence-corrected chi connectivity index (χ3v) is 4.51. The van der Waals surface area contributed by atoms with Gasteiger partial charge < -0.3 is 25.2 Å². The minimum atomic E-state index is -1.17. The smallest absolute Gasteiger partial charge is 0.246 e. The topological polar surface area (TPSA) is 126 Å². The van der Waals surface area contributed by atoms with Crippen LogP contribution in [0.4, 0.5) is 5.82 Å². The number of anilines is 1. The van der Waals surface area contributed by atoms with Crippen molar-refractivity contribution < 1.29 is 19.7 Å². The average Bonchev–Trinajstić information content (AvgIpc) is 3.29. The van der Waals surface area contributed by atoms with Crippen LogP contribution in [0.25, 0.3) is 11.2 Å². The molecule has 0 spiro atoms. The van der Waals surface area contributed by atoms with E-state index in [1.165, 1.54) is 18.7 Å². The van der Waals surface area contributed by atoms with E-state index in [9.17, 15) is 15.0 Å². The van der Waals surface area contributed by atoms with Gasteiger partial charge in [-0.15, -0.1) is 0 Å². The summed E-state index contributed by atoms with van der Waals surface area (Å²) in [5, 5.41) is 23.7. The van der Waals surface area contributed by atoms with Gasteiger partial charge in [0.15, 0.2) is 17.7 Å². The first-order chi connectivity index (χ1) is 12.1. The monoisotopic (exact) mass is 346 g/mol. The number of nitrogens with one attached hydrogen (secondary N) is 1. The van der Waals surface area contributed by atoms with Crippen molar-refractivity contribution in [3.05, 3.63) is 24.8 Å². The number of aliphatic hydroxyl groups excluding tert-OH is 2. The van der Waals surface area contributed by atoms with Crippen LogP contribution in [-0.4, -0.2) is 79.0 Å². The van der Waals surface area contributed by atoms with Gasteiger partial charge in [-0.1, -0.05) is 6.08 Å². The first kappa shape index (κ1) is 15.9. The van der Waals surface area contributed by atoms with Crippen molar-refractivity contribution in [1.29, 1.82) is 0 Å². The van der Waals surface area contributed by atoms with Crippen molar-refractivity contribution in [2.45, 2.75) is 24.5 Å². The van der Waals surface area contributed by atoms with Gasteiger partial charge in [-0.05, 0) is 0 Å².